The third-order valence-corrected chi connectivity index (χ3v) is 4.59. The Kier molecular flexibility index (Phi) is 3.87. The van der Waals surface area contributed by atoms with Crippen molar-refractivity contribution in [3.8, 4) is 5.75 Å². The minimum absolute atomic E-state index is 0.0437. The number of hydrogen-bond acceptors (Lipinski definition) is 4. The zero-order chi connectivity index (χ0) is 19.3. The van der Waals surface area contributed by atoms with E-state index >= 15 is 0 Å². The van der Waals surface area contributed by atoms with Gasteiger partial charge in [0.15, 0.2) is 23.0 Å². The van der Waals surface area contributed by atoms with Crippen LogP contribution in [-0.2, 0) is 5.60 Å². The number of rotatable bonds is 5. The molecule has 8 heteroatoms. The summed E-state index contributed by atoms with van der Waals surface area (Å²) in [5.41, 5.74) is 0.184. The Morgan fingerprint density at radius 2 is 1.96 bits per heavy atom. The third-order valence-electron chi connectivity index (χ3n) is 4.59. The number of fused-ring (bicyclic) bond motifs is 1. The molecule has 1 aliphatic carbocycles. The second-order valence-electron chi connectivity index (χ2n) is 7.15. The number of non-ortho nitro benzene ring substituents is 1. The van der Waals surface area contributed by atoms with Crippen LogP contribution < -0.4 is 4.74 Å². The molecule has 27 heavy (non-hydrogen) atoms. The quantitative estimate of drug-likeness (QED) is 0.472. The van der Waals surface area contributed by atoms with Crippen molar-refractivity contribution in [1.82, 2.24) is 9.55 Å². The minimum Gasteiger partial charge on any atom is -0.477 e. The molecule has 3 aromatic rings. The molecule has 0 aliphatic heterocycles. The minimum atomic E-state index is -1.03. The van der Waals surface area contributed by atoms with Gasteiger partial charge < -0.3 is 9.30 Å². The van der Waals surface area contributed by atoms with E-state index in [1.807, 2.05) is 4.57 Å². The topological polar surface area (TPSA) is 70.2 Å². The highest BCUT2D eigenvalue weighted by molar-refractivity contribution is 5.79. The Hall–Kier alpha value is -3.03. The summed E-state index contributed by atoms with van der Waals surface area (Å²) < 4.78 is 35.0. The van der Waals surface area contributed by atoms with Crippen LogP contribution in [0.1, 0.15) is 38.6 Å². The Bertz CT molecular complexity index is 1060. The van der Waals surface area contributed by atoms with Crippen LogP contribution in [0.3, 0.4) is 0 Å². The van der Waals surface area contributed by atoms with Crippen molar-refractivity contribution in [2.45, 2.75) is 38.3 Å². The van der Waals surface area contributed by atoms with Gasteiger partial charge in [0.1, 0.15) is 5.82 Å². The van der Waals surface area contributed by atoms with Gasteiger partial charge in [0.2, 0.25) is 0 Å². The van der Waals surface area contributed by atoms with Gasteiger partial charge in [-0.1, -0.05) is 0 Å². The molecule has 1 saturated carbocycles. The fraction of sp³-hybridized carbons (Fsp3) is 0.316. The van der Waals surface area contributed by atoms with Gasteiger partial charge in [0.05, 0.1) is 16.0 Å². The van der Waals surface area contributed by atoms with Crippen molar-refractivity contribution >= 4 is 16.7 Å². The fourth-order valence-corrected chi connectivity index (χ4v) is 3.21. The Morgan fingerprint density at radius 3 is 2.59 bits per heavy atom. The number of halogens is 2. The number of ether oxygens (including phenoxy) is 1. The lowest BCUT2D eigenvalue weighted by atomic mass is 10.1. The molecule has 0 bridgehead atoms. The average Bonchev–Trinajstić information content (AvgIpc) is 3.36. The molecule has 6 nitrogen and oxygen atoms in total. The van der Waals surface area contributed by atoms with Crippen molar-refractivity contribution in [2.24, 2.45) is 0 Å². The first-order chi connectivity index (χ1) is 12.8. The number of benzene rings is 2. The molecule has 0 atom stereocenters. The number of aromatic nitrogens is 2. The molecule has 0 radical (unpaired) electrons. The molecule has 0 saturated heterocycles. The zero-order valence-electron chi connectivity index (χ0n) is 14.8. The number of nitro benzene ring substituents is 1. The molecule has 1 aliphatic rings. The molecule has 1 heterocycles. The lowest BCUT2D eigenvalue weighted by molar-refractivity contribution is -0.384. The molecule has 1 aromatic heterocycles. The van der Waals surface area contributed by atoms with Crippen LogP contribution >= 0.6 is 0 Å². The van der Waals surface area contributed by atoms with Crippen LogP contribution in [0.25, 0.3) is 11.0 Å². The van der Waals surface area contributed by atoms with E-state index in [2.05, 4.69) is 4.98 Å². The maximum Gasteiger partial charge on any atom is 0.271 e. The van der Waals surface area contributed by atoms with E-state index in [0.717, 1.165) is 30.5 Å². The van der Waals surface area contributed by atoms with Gasteiger partial charge in [-0.25, -0.2) is 13.8 Å². The first-order valence-electron chi connectivity index (χ1n) is 8.57. The summed E-state index contributed by atoms with van der Waals surface area (Å²) in [6, 6.07) is 7.90. The number of nitrogens with zero attached hydrogens (tertiary/aromatic N) is 3. The van der Waals surface area contributed by atoms with Crippen molar-refractivity contribution in [3.05, 3.63) is 64.0 Å². The summed E-state index contributed by atoms with van der Waals surface area (Å²) in [5.74, 6) is -1.02. The highest BCUT2D eigenvalue weighted by Crippen LogP contribution is 2.42. The third kappa shape index (κ3) is 3.11. The van der Waals surface area contributed by atoms with Crippen LogP contribution in [-0.4, -0.2) is 14.5 Å². The second kappa shape index (κ2) is 6.00. The predicted molar refractivity (Wildman–Crippen MR) is 94.7 cm³/mol. The van der Waals surface area contributed by atoms with Gasteiger partial charge in [-0.2, -0.15) is 0 Å². The molecule has 0 N–H and O–H groups in total. The van der Waals surface area contributed by atoms with E-state index in [-0.39, 0.29) is 17.5 Å². The monoisotopic (exact) mass is 373 g/mol. The van der Waals surface area contributed by atoms with Crippen LogP contribution in [0.4, 0.5) is 14.5 Å². The zero-order valence-corrected chi connectivity index (χ0v) is 14.8. The van der Waals surface area contributed by atoms with E-state index < -0.39 is 22.2 Å². The molecule has 1 fully saturated rings. The first-order valence-corrected chi connectivity index (χ1v) is 8.57. The lowest BCUT2D eigenvalue weighted by Crippen LogP contribution is -2.30. The van der Waals surface area contributed by atoms with Crippen molar-refractivity contribution < 1.29 is 18.4 Å². The van der Waals surface area contributed by atoms with Crippen LogP contribution in [0, 0.1) is 21.7 Å². The van der Waals surface area contributed by atoms with Crippen LogP contribution in [0.15, 0.2) is 36.4 Å². The van der Waals surface area contributed by atoms with Crippen LogP contribution in [0.5, 0.6) is 5.75 Å². The SMILES string of the molecule is CC(C)(Oc1ccc(F)cc1F)c1nc2cc([N+](=O)[O-])ccc2n1C1CC1. The summed E-state index contributed by atoms with van der Waals surface area (Å²) >= 11 is 0. The predicted octanol–water partition coefficient (Wildman–Crippen LogP) is 4.87. The van der Waals surface area contributed by atoms with Gasteiger partial charge in [0.25, 0.3) is 5.69 Å². The summed E-state index contributed by atoms with van der Waals surface area (Å²) in [4.78, 5) is 15.2. The molecule has 0 spiro atoms. The molecule has 2 aromatic carbocycles. The van der Waals surface area contributed by atoms with Gasteiger partial charge in [-0.3, -0.25) is 10.1 Å². The number of hydrogen-bond donors (Lipinski definition) is 0. The molecule has 4 rings (SSSR count). The van der Waals surface area contributed by atoms with E-state index in [0.29, 0.717) is 11.3 Å². The summed E-state index contributed by atoms with van der Waals surface area (Å²) in [6.07, 6.45) is 1.94. The Balaban J connectivity index is 1.81. The maximum absolute atomic E-state index is 14.0. The molecule has 140 valence electrons. The molecular formula is C19H17F2N3O3. The summed E-state index contributed by atoms with van der Waals surface area (Å²) in [6.45, 7) is 3.48. The Labute approximate surface area is 153 Å². The normalized spacial score (nSPS) is 14.5. The average molecular weight is 373 g/mol. The number of imidazole rings is 1. The van der Waals surface area contributed by atoms with Crippen LogP contribution in [0.2, 0.25) is 0 Å². The maximum atomic E-state index is 14.0. The highest BCUT2D eigenvalue weighted by atomic mass is 19.1. The van der Waals surface area contributed by atoms with Crippen molar-refractivity contribution in [3.63, 3.8) is 0 Å². The van der Waals surface area contributed by atoms with Gasteiger partial charge in [0, 0.05) is 24.2 Å². The van der Waals surface area contributed by atoms with Gasteiger partial charge >= 0.3 is 0 Å². The van der Waals surface area contributed by atoms with Crippen molar-refractivity contribution in [2.75, 3.05) is 0 Å². The summed E-state index contributed by atoms with van der Waals surface area (Å²) in [5, 5.41) is 11.1. The fourth-order valence-electron chi connectivity index (χ4n) is 3.21. The van der Waals surface area contributed by atoms with Gasteiger partial charge in [-0.05, 0) is 44.9 Å². The summed E-state index contributed by atoms with van der Waals surface area (Å²) in [7, 11) is 0. The van der Waals surface area contributed by atoms with E-state index in [4.69, 9.17) is 4.74 Å². The smallest absolute Gasteiger partial charge is 0.271 e. The molecular weight excluding hydrogens is 356 g/mol. The highest BCUT2D eigenvalue weighted by Gasteiger charge is 2.36. The first kappa shape index (κ1) is 17.4. The molecule has 0 amide bonds. The molecule has 0 unspecified atom stereocenters. The van der Waals surface area contributed by atoms with Crippen molar-refractivity contribution in [1.29, 1.82) is 0 Å². The standard InChI is InChI=1S/C19H17F2N3O3/c1-19(2,27-17-8-3-11(20)9-14(17)21)18-22-15-10-13(24(25)26)6-7-16(15)23(18)12-4-5-12/h3,6-10,12H,4-5H2,1-2H3. The number of nitro groups is 1. The van der Waals surface area contributed by atoms with E-state index in [1.165, 1.54) is 18.2 Å². The van der Waals surface area contributed by atoms with Gasteiger partial charge in [-0.15, -0.1) is 0 Å². The van der Waals surface area contributed by atoms with E-state index in [9.17, 15) is 18.9 Å². The lowest BCUT2D eigenvalue weighted by Gasteiger charge is -2.27. The second-order valence-corrected chi connectivity index (χ2v) is 7.15. The van der Waals surface area contributed by atoms with E-state index in [1.54, 1.807) is 19.9 Å². The Morgan fingerprint density at radius 1 is 1.22 bits per heavy atom. The largest absolute Gasteiger partial charge is 0.477 e.